The molecule has 19 heavy (non-hydrogen) atoms. The van der Waals surface area contributed by atoms with Gasteiger partial charge in [0.15, 0.2) is 0 Å². The van der Waals surface area contributed by atoms with Gasteiger partial charge in [-0.3, -0.25) is 0 Å². The smallest absolute Gasteiger partial charge is 0.123 e. The van der Waals surface area contributed by atoms with Crippen molar-refractivity contribution in [2.45, 2.75) is 38.8 Å². The first kappa shape index (κ1) is 13.7. The maximum atomic E-state index is 13.1. The van der Waals surface area contributed by atoms with E-state index < -0.39 is 0 Å². The predicted molar refractivity (Wildman–Crippen MR) is 74.3 cm³/mol. The van der Waals surface area contributed by atoms with E-state index in [9.17, 15) is 4.39 Å². The summed E-state index contributed by atoms with van der Waals surface area (Å²) in [5.74, 6) is 0.774. The second-order valence-corrected chi connectivity index (χ2v) is 4.84. The van der Waals surface area contributed by atoms with E-state index >= 15 is 0 Å². The Hall–Kier alpha value is -1.68. The third-order valence-corrected chi connectivity index (χ3v) is 3.17. The molecule has 1 aromatic heterocycles. The molecule has 0 aliphatic carbocycles. The van der Waals surface area contributed by atoms with Crippen LogP contribution in [-0.2, 0) is 6.42 Å². The first-order valence-electron chi connectivity index (χ1n) is 6.68. The van der Waals surface area contributed by atoms with Crippen molar-refractivity contribution < 1.29 is 4.39 Å². The molecule has 0 amide bonds. The van der Waals surface area contributed by atoms with Crippen LogP contribution in [-0.4, -0.2) is 16.0 Å². The fourth-order valence-electron chi connectivity index (χ4n) is 2.28. The first-order valence-corrected chi connectivity index (χ1v) is 6.68. The van der Waals surface area contributed by atoms with Crippen LogP contribution in [0.25, 0.3) is 0 Å². The van der Waals surface area contributed by atoms with Crippen LogP contribution in [0.5, 0.6) is 0 Å². The minimum absolute atomic E-state index is 0.178. The van der Waals surface area contributed by atoms with Crippen LogP contribution < -0.4 is 5.32 Å². The summed E-state index contributed by atoms with van der Waals surface area (Å²) in [4.78, 5) is 7.42. The Kier molecular flexibility index (Phi) is 4.68. The van der Waals surface area contributed by atoms with E-state index in [2.05, 4.69) is 29.1 Å². The summed E-state index contributed by atoms with van der Waals surface area (Å²) in [6.07, 6.45) is 5.35. The Bertz CT molecular complexity index is 496. The molecule has 3 nitrogen and oxygen atoms in total. The van der Waals surface area contributed by atoms with Crippen molar-refractivity contribution in [1.29, 1.82) is 0 Å². The van der Waals surface area contributed by atoms with Gasteiger partial charge < -0.3 is 10.3 Å². The Morgan fingerprint density at radius 2 is 2.26 bits per heavy atom. The number of hydrogen-bond donors (Lipinski definition) is 2. The average molecular weight is 261 g/mol. The first-order chi connectivity index (χ1) is 9.19. The molecular formula is C15H20FN3. The molecule has 0 aliphatic rings. The van der Waals surface area contributed by atoms with Gasteiger partial charge in [0.25, 0.3) is 0 Å². The third kappa shape index (κ3) is 3.89. The number of rotatable bonds is 6. The Labute approximate surface area is 113 Å². The van der Waals surface area contributed by atoms with Gasteiger partial charge in [0, 0.05) is 18.4 Å². The highest BCUT2D eigenvalue weighted by atomic mass is 19.1. The highest BCUT2D eigenvalue weighted by Gasteiger charge is 2.14. The van der Waals surface area contributed by atoms with Crippen molar-refractivity contribution in [1.82, 2.24) is 15.3 Å². The summed E-state index contributed by atoms with van der Waals surface area (Å²) in [5.41, 5.74) is 1.01. The number of nitrogens with one attached hydrogen (secondary N) is 2. The highest BCUT2D eigenvalue weighted by molar-refractivity contribution is 5.17. The maximum Gasteiger partial charge on any atom is 0.123 e. The fourth-order valence-corrected chi connectivity index (χ4v) is 2.28. The molecule has 0 saturated heterocycles. The summed E-state index contributed by atoms with van der Waals surface area (Å²) >= 11 is 0. The number of hydrogen-bond acceptors (Lipinski definition) is 2. The molecule has 0 bridgehead atoms. The molecule has 2 atom stereocenters. The minimum atomic E-state index is -0.178. The van der Waals surface area contributed by atoms with Gasteiger partial charge in [0.1, 0.15) is 11.6 Å². The van der Waals surface area contributed by atoms with Crippen molar-refractivity contribution in [3.8, 4) is 0 Å². The van der Waals surface area contributed by atoms with Crippen LogP contribution in [0, 0.1) is 5.82 Å². The number of halogens is 1. The van der Waals surface area contributed by atoms with Gasteiger partial charge in [-0.05, 0) is 37.5 Å². The molecule has 4 heteroatoms. The molecule has 0 saturated carbocycles. The van der Waals surface area contributed by atoms with Crippen LogP contribution in [0.4, 0.5) is 4.39 Å². The molecule has 0 aliphatic heterocycles. The number of nitrogens with zero attached hydrogens (tertiary/aromatic N) is 1. The number of aromatic nitrogens is 2. The standard InChI is InChI=1S/C15H20FN3/c1-3-14(15-17-7-8-18-15)19-11(2)9-12-5-4-6-13(16)10-12/h4-8,10-11,14,19H,3,9H2,1-2H3,(H,17,18). The molecule has 102 valence electrons. The molecule has 2 N–H and O–H groups in total. The van der Waals surface area contributed by atoms with Gasteiger partial charge >= 0.3 is 0 Å². The third-order valence-electron chi connectivity index (χ3n) is 3.17. The zero-order chi connectivity index (χ0) is 13.7. The Balaban J connectivity index is 1.95. The Morgan fingerprint density at radius 3 is 2.89 bits per heavy atom. The van der Waals surface area contributed by atoms with Crippen molar-refractivity contribution in [3.63, 3.8) is 0 Å². The van der Waals surface area contributed by atoms with Crippen LogP contribution in [0.15, 0.2) is 36.7 Å². The van der Waals surface area contributed by atoms with Crippen LogP contribution in [0.3, 0.4) is 0 Å². The number of benzene rings is 1. The van der Waals surface area contributed by atoms with Crippen molar-refractivity contribution in [2.24, 2.45) is 0 Å². The SMILES string of the molecule is CCC(NC(C)Cc1cccc(F)c1)c1ncc[nH]1. The number of aromatic amines is 1. The van der Waals surface area contributed by atoms with E-state index in [4.69, 9.17) is 0 Å². The van der Waals surface area contributed by atoms with Gasteiger partial charge in [-0.2, -0.15) is 0 Å². The summed E-state index contributed by atoms with van der Waals surface area (Å²) in [6, 6.07) is 7.23. The van der Waals surface area contributed by atoms with Crippen LogP contribution >= 0.6 is 0 Å². The van der Waals surface area contributed by atoms with Crippen LogP contribution in [0.2, 0.25) is 0 Å². The lowest BCUT2D eigenvalue weighted by molar-refractivity contribution is 0.429. The zero-order valence-corrected chi connectivity index (χ0v) is 11.4. The zero-order valence-electron chi connectivity index (χ0n) is 11.4. The summed E-state index contributed by atoms with van der Waals surface area (Å²) in [6.45, 7) is 4.23. The van der Waals surface area contributed by atoms with Crippen LogP contribution in [0.1, 0.15) is 37.7 Å². The highest BCUT2D eigenvalue weighted by Crippen LogP contribution is 2.14. The van der Waals surface area contributed by atoms with Gasteiger partial charge in [0.05, 0.1) is 6.04 Å². The predicted octanol–water partition coefficient (Wildman–Crippen LogP) is 3.22. The number of H-pyrrole nitrogens is 1. The molecule has 2 unspecified atom stereocenters. The largest absolute Gasteiger partial charge is 0.347 e. The fraction of sp³-hybridized carbons (Fsp3) is 0.400. The summed E-state index contributed by atoms with van der Waals surface area (Å²) in [7, 11) is 0. The van der Waals surface area contributed by atoms with E-state index in [-0.39, 0.29) is 17.9 Å². The quantitative estimate of drug-likeness (QED) is 0.838. The molecule has 1 heterocycles. The van der Waals surface area contributed by atoms with E-state index in [0.29, 0.717) is 0 Å². The van der Waals surface area contributed by atoms with E-state index in [1.165, 1.54) is 6.07 Å². The topological polar surface area (TPSA) is 40.7 Å². The van der Waals surface area contributed by atoms with Gasteiger partial charge in [-0.15, -0.1) is 0 Å². The molecule has 2 aromatic rings. The summed E-state index contributed by atoms with van der Waals surface area (Å²) < 4.78 is 13.1. The van der Waals surface area contributed by atoms with E-state index in [1.54, 1.807) is 18.3 Å². The van der Waals surface area contributed by atoms with Crippen molar-refractivity contribution >= 4 is 0 Å². The molecule has 0 radical (unpaired) electrons. The average Bonchev–Trinajstić information content (AvgIpc) is 2.89. The lowest BCUT2D eigenvalue weighted by Gasteiger charge is -2.20. The molecule has 0 spiro atoms. The Morgan fingerprint density at radius 1 is 1.42 bits per heavy atom. The van der Waals surface area contributed by atoms with E-state index in [0.717, 1.165) is 24.2 Å². The lowest BCUT2D eigenvalue weighted by atomic mass is 10.1. The minimum Gasteiger partial charge on any atom is -0.347 e. The molecule has 0 fully saturated rings. The normalized spacial score (nSPS) is 14.3. The number of imidazole rings is 1. The molecular weight excluding hydrogens is 241 g/mol. The molecule has 1 aromatic carbocycles. The maximum absolute atomic E-state index is 13.1. The lowest BCUT2D eigenvalue weighted by Crippen LogP contribution is -2.32. The molecule has 2 rings (SSSR count). The van der Waals surface area contributed by atoms with Gasteiger partial charge in [0.2, 0.25) is 0 Å². The van der Waals surface area contributed by atoms with Crippen molar-refractivity contribution in [2.75, 3.05) is 0 Å². The van der Waals surface area contributed by atoms with E-state index in [1.807, 2.05) is 12.3 Å². The summed E-state index contributed by atoms with van der Waals surface area (Å²) in [5, 5.41) is 3.52. The second kappa shape index (κ2) is 6.48. The van der Waals surface area contributed by atoms with Crippen molar-refractivity contribution in [3.05, 3.63) is 53.9 Å². The second-order valence-electron chi connectivity index (χ2n) is 4.84. The monoisotopic (exact) mass is 261 g/mol. The van der Waals surface area contributed by atoms with Gasteiger partial charge in [-0.1, -0.05) is 19.1 Å². The van der Waals surface area contributed by atoms with Gasteiger partial charge in [-0.25, -0.2) is 9.37 Å².